The molecular formula is C13H20N2O5S3. The molecular weight excluding hydrogens is 360 g/mol. The Morgan fingerprint density at radius 1 is 1.43 bits per heavy atom. The van der Waals surface area contributed by atoms with Crippen LogP contribution in [0.3, 0.4) is 0 Å². The van der Waals surface area contributed by atoms with Gasteiger partial charge in [0.15, 0.2) is 9.84 Å². The Bertz CT molecular complexity index is 782. The maximum atomic E-state index is 12.5. The van der Waals surface area contributed by atoms with E-state index in [1.807, 2.05) is 6.92 Å². The van der Waals surface area contributed by atoms with Crippen LogP contribution >= 0.6 is 11.3 Å². The van der Waals surface area contributed by atoms with E-state index >= 15 is 0 Å². The molecule has 1 aliphatic rings. The lowest BCUT2D eigenvalue weighted by molar-refractivity contribution is -0.121. The summed E-state index contributed by atoms with van der Waals surface area (Å²) in [6.45, 7) is 3.32. The summed E-state index contributed by atoms with van der Waals surface area (Å²) >= 11 is 1.16. The van der Waals surface area contributed by atoms with Crippen LogP contribution in [0.25, 0.3) is 0 Å². The summed E-state index contributed by atoms with van der Waals surface area (Å²) in [5, 5.41) is 2.61. The molecule has 23 heavy (non-hydrogen) atoms. The van der Waals surface area contributed by atoms with Crippen LogP contribution in [0.4, 0.5) is 0 Å². The Hall–Kier alpha value is -0.970. The minimum absolute atomic E-state index is 0.0577. The predicted octanol–water partition coefficient (Wildman–Crippen LogP) is 0.370. The van der Waals surface area contributed by atoms with Crippen LogP contribution < -0.4 is 5.32 Å². The van der Waals surface area contributed by atoms with Crippen molar-refractivity contribution in [1.82, 2.24) is 9.62 Å². The number of hydrogen-bond acceptors (Lipinski definition) is 6. The highest BCUT2D eigenvalue weighted by molar-refractivity contribution is 7.91. The van der Waals surface area contributed by atoms with Crippen molar-refractivity contribution in [1.29, 1.82) is 0 Å². The highest BCUT2D eigenvalue weighted by atomic mass is 32.2. The van der Waals surface area contributed by atoms with E-state index < -0.39 is 31.8 Å². The third kappa shape index (κ3) is 4.52. The molecule has 10 heteroatoms. The quantitative estimate of drug-likeness (QED) is 0.768. The molecule has 1 atom stereocenters. The SMILES string of the molecule is CCN(CC(=O)N[C@@H]1CCS(=O)(=O)C1)S(=O)(=O)c1ccc(C)s1. The minimum atomic E-state index is -3.71. The average molecular weight is 381 g/mol. The number of amides is 1. The molecule has 2 heterocycles. The summed E-state index contributed by atoms with van der Waals surface area (Å²) in [6.07, 6.45) is 0.372. The van der Waals surface area contributed by atoms with Gasteiger partial charge >= 0.3 is 0 Å². The summed E-state index contributed by atoms with van der Waals surface area (Å²) in [7, 11) is -6.80. The van der Waals surface area contributed by atoms with Gasteiger partial charge in [-0.25, -0.2) is 16.8 Å². The van der Waals surface area contributed by atoms with Gasteiger partial charge in [0, 0.05) is 17.5 Å². The topological polar surface area (TPSA) is 101 Å². The number of likely N-dealkylation sites (N-methyl/N-ethyl adjacent to an activating group) is 1. The van der Waals surface area contributed by atoms with E-state index in [4.69, 9.17) is 0 Å². The molecule has 2 rings (SSSR count). The fourth-order valence-electron chi connectivity index (χ4n) is 2.39. The zero-order chi connectivity index (χ0) is 17.3. The van der Waals surface area contributed by atoms with E-state index in [0.29, 0.717) is 6.42 Å². The molecule has 0 aliphatic carbocycles. The molecule has 0 aromatic carbocycles. The third-order valence-electron chi connectivity index (χ3n) is 3.58. The van der Waals surface area contributed by atoms with Crippen molar-refractivity contribution >= 4 is 37.1 Å². The van der Waals surface area contributed by atoms with Gasteiger partial charge in [-0.15, -0.1) is 11.3 Å². The number of sulfonamides is 1. The average Bonchev–Trinajstić information content (AvgIpc) is 3.02. The zero-order valence-electron chi connectivity index (χ0n) is 13.0. The number of nitrogens with one attached hydrogen (secondary N) is 1. The van der Waals surface area contributed by atoms with Crippen LogP contribution in [-0.2, 0) is 24.7 Å². The monoisotopic (exact) mass is 380 g/mol. The lowest BCUT2D eigenvalue weighted by Crippen LogP contribution is -2.44. The van der Waals surface area contributed by atoms with Crippen LogP contribution in [0.2, 0.25) is 0 Å². The molecule has 1 aromatic heterocycles. The molecule has 0 radical (unpaired) electrons. The number of aryl methyl sites for hydroxylation is 1. The Labute approximate surface area is 140 Å². The van der Waals surface area contributed by atoms with Crippen LogP contribution in [0.1, 0.15) is 18.2 Å². The van der Waals surface area contributed by atoms with E-state index in [1.165, 1.54) is 6.07 Å². The fourth-order valence-corrected chi connectivity index (χ4v) is 6.90. The molecule has 1 aromatic rings. The van der Waals surface area contributed by atoms with Crippen molar-refractivity contribution in [2.24, 2.45) is 0 Å². The maximum absolute atomic E-state index is 12.5. The molecule has 0 unspecified atom stereocenters. The van der Waals surface area contributed by atoms with Gasteiger partial charge in [-0.05, 0) is 25.5 Å². The lowest BCUT2D eigenvalue weighted by Gasteiger charge is -2.20. The number of carbonyl (C=O) groups is 1. The third-order valence-corrected chi connectivity index (χ3v) is 8.74. The van der Waals surface area contributed by atoms with Crippen LogP contribution in [0.5, 0.6) is 0 Å². The predicted molar refractivity (Wildman–Crippen MR) is 88.7 cm³/mol. The Morgan fingerprint density at radius 3 is 2.61 bits per heavy atom. The zero-order valence-corrected chi connectivity index (χ0v) is 15.4. The van der Waals surface area contributed by atoms with Gasteiger partial charge in [-0.1, -0.05) is 6.92 Å². The van der Waals surface area contributed by atoms with Crippen LogP contribution in [0.15, 0.2) is 16.3 Å². The van der Waals surface area contributed by atoms with Gasteiger partial charge in [0.1, 0.15) is 4.21 Å². The second kappa shape index (κ2) is 6.88. The Balaban J connectivity index is 2.03. The lowest BCUT2D eigenvalue weighted by atomic mass is 10.2. The normalized spacial score (nSPS) is 20.7. The minimum Gasteiger partial charge on any atom is -0.351 e. The molecule has 1 fully saturated rings. The van der Waals surface area contributed by atoms with Gasteiger partial charge in [0.25, 0.3) is 10.0 Å². The standard InChI is InChI=1S/C13H20N2O5S3/c1-3-15(23(19,20)13-5-4-10(2)21-13)8-12(16)14-11-6-7-22(17,18)9-11/h4-5,11H,3,6-9H2,1-2H3,(H,14,16)/t11-/m1/s1. The van der Waals surface area contributed by atoms with Crippen LogP contribution in [-0.4, -0.2) is 57.7 Å². The first-order chi connectivity index (χ1) is 10.6. The summed E-state index contributed by atoms with van der Waals surface area (Å²) in [5.74, 6) is -0.505. The van der Waals surface area contributed by atoms with Crippen molar-refractivity contribution in [2.75, 3.05) is 24.6 Å². The van der Waals surface area contributed by atoms with Gasteiger partial charge < -0.3 is 5.32 Å². The number of carbonyl (C=O) groups excluding carboxylic acids is 1. The molecule has 1 aliphatic heterocycles. The van der Waals surface area contributed by atoms with Crippen molar-refractivity contribution in [3.8, 4) is 0 Å². The first-order valence-corrected chi connectivity index (χ1v) is 11.3. The van der Waals surface area contributed by atoms with Crippen LogP contribution in [0, 0.1) is 6.92 Å². The Morgan fingerprint density at radius 2 is 2.13 bits per heavy atom. The van der Waals surface area contributed by atoms with Gasteiger partial charge in [-0.3, -0.25) is 4.79 Å². The van der Waals surface area contributed by atoms with E-state index in [2.05, 4.69) is 5.32 Å². The second-order valence-corrected chi connectivity index (χ2v) is 11.1. The Kier molecular flexibility index (Phi) is 5.49. The van der Waals surface area contributed by atoms with Gasteiger partial charge in [0.2, 0.25) is 5.91 Å². The van der Waals surface area contributed by atoms with E-state index in [1.54, 1.807) is 13.0 Å². The largest absolute Gasteiger partial charge is 0.351 e. The van der Waals surface area contributed by atoms with Gasteiger partial charge in [-0.2, -0.15) is 4.31 Å². The molecule has 0 bridgehead atoms. The fraction of sp³-hybridized carbons (Fsp3) is 0.615. The van der Waals surface area contributed by atoms with Crippen molar-refractivity contribution in [3.05, 3.63) is 17.0 Å². The van der Waals surface area contributed by atoms with Crippen molar-refractivity contribution < 1.29 is 21.6 Å². The number of sulfone groups is 1. The molecule has 130 valence electrons. The number of rotatable bonds is 6. The first-order valence-electron chi connectivity index (χ1n) is 7.20. The second-order valence-electron chi connectivity index (χ2n) is 5.46. The van der Waals surface area contributed by atoms with Crippen molar-refractivity contribution in [2.45, 2.75) is 30.5 Å². The molecule has 1 saturated heterocycles. The maximum Gasteiger partial charge on any atom is 0.253 e. The number of hydrogen-bond donors (Lipinski definition) is 1. The summed E-state index contributed by atoms with van der Waals surface area (Å²) in [5.41, 5.74) is 0. The highest BCUT2D eigenvalue weighted by Crippen LogP contribution is 2.24. The first kappa shape index (κ1) is 18.4. The number of thiophene rings is 1. The summed E-state index contributed by atoms with van der Waals surface area (Å²) in [4.78, 5) is 12.9. The van der Waals surface area contributed by atoms with Crippen molar-refractivity contribution in [3.63, 3.8) is 0 Å². The smallest absolute Gasteiger partial charge is 0.253 e. The van der Waals surface area contributed by atoms with E-state index in [-0.39, 0.29) is 28.8 Å². The number of nitrogens with zero attached hydrogens (tertiary/aromatic N) is 1. The molecule has 1 amide bonds. The molecule has 0 spiro atoms. The summed E-state index contributed by atoms with van der Waals surface area (Å²) < 4.78 is 49.1. The van der Waals surface area contributed by atoms with E-state index in [0.717, 1.165) is 20.5 Å². The van der Waals surface area contributed by atoms with Gasteiger partial charge in [0.05, 0.1) is 18.1 Å². The molecule has 1 N–H and O–H groups in total. The highest BCUT2D eigenvalue weighted by Gasteiger charge is 2.31. The molecule has 0 saturated carbocycles. The summed E-state index contributed by atoms with van der Waals surface area (Å²) in [6, 6.07) is 2.81. The molecule has 7 nitrogen and oxygen atoms in total. The van der Waals surface area contributed by atoms with E-state index in [9.17, 15) is 21.6 Å².